The van der Waals surface area contributed by atoms with Crippen molar-refractivity contribution >= 4 is 27.6 Å². The van der Waals surface area contributed by atoms with Gasteiger partial charge in [0.15, 0.2) is 0 Å². The third kappa shape index (κ3) is 2.21. The number of nitrogens with zero attached hydrogens (tertiary/aromatic N) is 2. The summed E-state index contributed by atoms with van der Waals surface area (Å²) >= 11 is 0. The Morgan fingerprint density at radius 2 is 2.00 bits per heavy atom. The van der Waals surface area contributed by atoms with Crippen molar-refractivity contribution in [1.82, 2.24) is 14.9 Å². The molecule has 24 heavy (non-hydrogen) atoms. The number of hydrogen-bond donors (Lipinski definition) is 1. The van der Waals surface area contributed by atoms with Crippen LogP contribution < -0.4 is 10.9 Å². The van der Waals surface area contributed by atoms with E-state index in [4.69, 9.17) is 1.37 Å². The number of nitrogens with one attached hydrogen (secondary N) is 1. The lowest BCUT2D eigenvalue weighted by Gasteiger charge is -2.26. The van der Waals surface area contributed by atoms with E-state index in [2.05, 4.69) is 16.9 Å². The second kappa shape index (κ2) is 5.30. The smallest absolute Gasteiger partial charge is 0.262 e. The zero-order chi connectivity index (χ0) is 17.8. The van der Waals surface area contributed by atoms with E-state index >= 15 is 0 Å². The maximum atomic E-state index is 13.1. The second-order valence-electron chi connectivity index (χ2n) is 6.02. The molecule has 5 heteroatoms. The van der Waals surface area contributed by atoms with Crippen LogP contribution in [0, 0.1) is 6.92 Å². The minimum absolute atomic E-state index is 0.194. The van der Waals surface area contributed by atoms with E-state index in [9.17, 15) is 9.59 Å². The Bertz CT molecular complexity index is 1120. The quantitative estimate of drug-likeness (QED) is 0.701. The van der Waals surface area contributed by atoms with Gasteiger partial charge in [-0.05, 0) is 42.7 Å². The zero-order valence-corrected chi connectivity index (χ0v) is 13.3. The fourth-order valence-corrected chi connectivity index (χ4v) is 3.19. The average molecular weight is 320 g/mol. The van der Waals surface area contributed by atoms with Crippen molar-refractivity contribution in [3.63, 3.8) is 0 Å². The van der Waals surface area contributed by atoms with Gasteiger partial charge in [-0.3, -0.25) is 14.2 Å². The summed E-state index contributed by atoms with van der Waals surface area (Å²) in [4.78, 5) is 30.1. The highest BCUT2D eigenvalue weighted by molar-refractivity contribution is 5.96. The van der Waals surface area contributed by atoms with Crippen molar-refractivity contribution in [1.29, 1.82) is 0 Å². The molecule has 1 fully saturated rings. The topological polar surface area (TPSA) is 64.0 Å². The highest BCUT2D eigenvalue weighted by Gasteiger charge is 2.28. The van der Waals surface area contributed by atoms with Gasteiger partial charge in [0.05, 0.1) is 12.3 Å². The number of amides is 1. The molecular formula is C19H17N3O2. The summed E-state index contributed by atoms with van der Waals surface area (Å²) in [5, 5.41) is 4.92. The first-order chi connectivity index (χ1) is 11.9. The molecule has 1 aliphatic rings. The molecule has 0 bridgehead atoms. The largest absolute Gasteiger partial charge is 0.329 e. The Labute approximate surface area is 140 Å². The van der Waals surface area contributed by atoms with Gasteiger partial charge in [0, 0.05) is 5.70 Å². The van der Waals surface area contributed by atoms with Crippen LogP contribution in [0.4, 0.5) is 0 Å². The molecule has 3 aromatic rings. The maximum absolute atomic E-state index is 13.1. The molecule has 2 heterocycles. The van der Waals surface area contributed by atoms with E-state index in [1.807, 2.05) is 30.3 Å². The first-order valence-corrected chi connectivity index (χ1v) is 7.82. The summed E-state index contributed by atoms with van der Waals surface area (Å²) < 4.78 is 9.85. The van der Waals surface area contributed by atoms with E-state index in [0.717, 1.165) is 10.8 Å². The molecule has 0 aliphatic carbocycles. The van der Waals surface area contributed by atoms with Crippen LogP contribution in [-0.4, -0.2) is 15.5 Å². The Morgan fingerprint density at radius 1 is 1.29 bits per heavy atom. The zero-order valence-electron chi connectivity index (χ0n) is 14.3. The molecule has 0 radical (unpaired) electrons. The van der Waals surface area contributed by atoms with Crippen molar-refractivity contribution in [3.05, 3.63) is 64.9 Å². The summed E-state index contributed by atoms with van der Waals surface area (Å²) in [6.07, 6.45) is 0.649. The van der Waals surface area contributed by atoms with E-state index in [0.29, 0.717) is 28.8 Å². The number of hydrogen-bond acceptors (Lipinski definition) is 3. The van der Waals surface area contributed by atoms with Gasteiger partial charge in [0.2, 0.25) is 5.91 Å². The monoisotopic (exact) mass is 320 g/mol. The fourth-order valence-electron chi connectivity index (χ4n) is 3.19. The Morgan fingerprint density at radius 3 is 2.71 bits per heavy atom. The third-order valence-electron chi connectivity index (χ3n) is 4.39. The first-order valence-electron chi connectivity index (χ1n) is 8.32. The molecule has 0 saturated carbocycles. The molecule has 1 atom stereocenters. The van der Waals surface area contributed by atoms with Crippen LogP contribution in [0.5, 0.6) is 0 Å². The fraction of sp³-hybridized carbons (Fsp3) is 0.211. The molecule has 1 N–H and O–H groups in total. The lowest BCUT2D eigenvalue weighted by molar-refractivity contribution is -0.124. The van der Waals surface area contributed by atoms with E-state index in [-0.39, 0.29) is 12.0 Å². The number of carbonyl (C=O) groups is 1. The third-order valence-corrected chi connectivity index (χ3v) is 4.39. The highest BCUT2D eigenvalue weighted by Crippen LogP contribution is 2.24. The SMILES string of the molecule is [2H][C@@]1(n2c(C)nc3cc4ccccc4cc3c2=O)CCC(=C)NC1=O. The number of fused-ring (bicyclic) bond motifs is 2. The predicted octanol–water partition coefficient (Wildman–Crippen LogP) is 2.82. The van der Waals surface area contributed by atoms with Gasteiger partial charge in [-0.25, -0.2) is 4.98 Å². The van der Waals surface area contributed by atoms with Crippen molar-refractivity contribution in [2.24, 2.45) is 0 Å². The number of aryl methyl sites for hydroxylation is 1. The van der Waals surface area contributed by atoms with Gasteiger partial charge in [0.25, 0.3) is 5.56 Å². The summed E-state index contributed by atoms with van der Waals surface area (Å²) in [5.41, 5.74) is 0.769. The normalized spacial score (nSPS) is 21.8. The van der Waals surface area contributed by atoms with Crippen molar-refractivity contribution in [2.45, 2.75) is 25.8 Å². The van der Waals surface area contributed by atoms with Crippen LogP contribution in [0.3, 0.4) is 0 Å². The number of rotatable bonds is 1. The number of benzene rings is 2. The standard InChI is InChI=1S/C19H17N3O2/c1-11-7-8-17(18(23)20-11)22-12(2)21-16-10-14-6-4-3-5-13(14)9-15(16)19(22)24/h3-6,9-10,17H,1,7-8H2,2H3,(H,20,23)/t17-/m1/s1/i17D. The second-order valence-corrected chi connectivity index (χ2v) is 6.02. The van der Waals surface area contributed by atoms with Gasteiger partial charge in [-0.15, -0.1) is 0 Å². The Kier molecular flexibility index (Phi) is 2.98. The number of allylic oxidation sites excluding steroid dienone is 1. The molecule has 5 nitrogen and oxygen atoms in total. The molecule has 4 rings (SSSR count). The van der Waals surface area contributed by atoms with Crippen molar-refractivity contribution < 1.29 is 6.17 Å². The van der Waals surface area contributed by atoms with Crippen molar-refractivity contribution in [3.8, 4) is 0 Å². The lowest BCUT2D eigenvalue weighted by Crippen LogP contribution is -2.41. The molecule has 1 amide bonds. The van der Waals surface area contributed by atoms with Gasteiger partial charge in [-0.2, -0.15) is 0 Å². The summed E-state index contributed by atoms with van der Waals surface area (Å²) in [6.45, 7) is 5.39. The maximum Gasteiger partial charge on any atom is 0.262 e. The molecular weight excluding hydrogens is 302 g/mol. The average Bonchev–Trinajstić information content (AvgIpc) is 2.57. The Balaban J connectivity index is 2.02. The van der Waals surface area contributed by atoms with Gasteiger partial charge in [-0.1, -0.05) is 30.8 Å². The van der Waals surface area contributed by atoms with Gasteiger partial charge >= 0.3 is 0 Å². The number of carbonyl (C=O) groups excluding carboxylic acids is 1. The first kappa shape index (κ1) is 13.5. The number of piperidine rings is 1. The molecule has 0 spiro atoms. The summed E-state index contributed by atoms with van der Waals surface area (Å²) in [5.74, 6) is -0.193. The van der Waals surface area contributed by atoms with E-state index in [1.54, 1.807) is 13.0 Å². The minimum Gasteiger partial charge on any atom is -0.329 e. The van der Waals surface area contributed by atoms with Crippen LogP contribution in [-0.2, 0) is 4.79 Å². The molecule has 0 unspecified atom stereocenters. The molecule has 1 aromatic heterocycles. The molecule has 2 aromatic carbocycles. The van der Waals surface area contributed by atoms with Gasteiger partial charge in [0.1, 0.15) is 11.8 Å². The van der Waals surface area contributed by atoms with E-state index in [1.165, 1.54) is 4.57 Å². The lowest BCUT2D eigenvalue weighted by atomic mass is 10.0. The molecule has 1 aliphatic heterocycles. The summed E-state index contributed by atoms with van der Waals surface area (Å²) in [7, 11) is 0. The van der Waals surface area contributed by atoms with Crippen LogP contribution in [0.25, 0.3) is 21.7 Å². The van der Waals surface area contributed by atoms with Crippen LogP contribution in [0.1, 0.15) is 26.1 Å². The Hall–Kier alpha value is -2.95. The van der Waals surface area contributed by atoms with Crippen LogP contribution in [0.2, 0.25) is 0 Å². The number of aromatic nitrogens is 2. The van der Waals surface area contributed by atoms with E-state index < -0.39 is 11.9 Å². The van der Waals surface area contributed by atoms with Crippen LogP contribution >= 0.6 is 0 Å². The highest BCUT2D eigenvalue weighted by atomic mass is 16.2. The predicted molar refractivity (Wildman–Crippen MR) is 93.8 cm³/mol. The minimum atomic E-state index is -1.71. The molecule has 1 saturated heterocycles. The van der Waals surface area contributed by atoms with Crippen molar-refractivity contribution in [2.75, 3.05) is 0 Å². The van der Waals surface area contributed by atoms with Gasteiger partial charge < -0.3 is 5.32 Å². The molecule has 120 valence electrons. The summed E-state index contributed by atoms with van der Waals surface area (Å²) in [6, 6.07) is 9.65. The van der Waals surface area contributed by atoms with Crippen LogP contribution in [0.15, 0.2) is 53.5 Å².